The van der Waals surface area contributed by atoms with Crippen molar-refractivity contribution in [2.75, 3.05) is 5.32 Å². The molecule has 2 amide bonds. The van der Waals surface area contributed by atoms with Crippen LogP contribution in [0.1, 0.15) is 39.2 Å². The summed E-state index contributed by atoms with van der Waals surface area (Å²) in [6.45, 7) is 0. The molecule has 1 aliphatic rings. The number of fused-ring (bicyclic) bond motifs is 1. The van der Waals surface area contributed by atoms with Crippen LogP contribution in [0.3, 0.4) is 0 Å². The van der Waals surface area contributed by atoms with E-state index in [1.807, 2.05) is 0 Å². The highest BCUT2D eigenvalue weighted by molar-refractivity contribution is 7.17. The van der Waals surface area contributed by atoms with E-state index in [2.05, 4.69) is 5.32 Å². The molecule has 7 heteroatoms. The Morgan fingerprint density at radius 1 is 1.16 bits per heavy atom. The van der Waals surface area contributed by atoms with Crippen molar-refractivity contribution < 1.29 is 9.59 Å². The predicted octanol–water partition coefficient (Wildman–Crippen LogP) is 4.68. The number of benzene rings is 1. The van der Waals surface area contributed by atoms with E-state index in [0.29, 0.717) is 20.6 Å². The fourth-order valence-corrected chi connectivity index (χ4v) is 4.46. The molecule has 1 aromatic heterocycles. The zero-order valence-electron chi connectivity index (χ0n) is 13.3. The highest BCUT2D eigenvalue weighted by Crippen LogP contribution is 2.37. The molecule has 3 rings (SSSR count). The Kier molecular flexibility index (Phi) is 5.47. The number of hydrogen-bond donors (Lipinski definition) is 2. The summed E-state index contributed by atoms with van der Waals surface area (Å²) in [5.74, 6) is -0.824. The van der Waals surface area contributed by atoms with Crippen LogP contribution in [0.25, 0.3) is 6.08 Å². The molecule has 1 aromatic carbocycles. The molecule has 0 radical (unpaired) electrons. The average Bonchev–Trinajstić information content (AvgIpc) is 2.93. The summed E-state index contributed by atoms with van der Waals surface area (Å²) in [6.07, 6.45) is 6.91. The lowest BCUT2D eigenvalue weighted by molar-refractivity contribution is -0.111. The number of rotatable bonds is 4. The minimum Gasteiger partial charge on any atom is -0.365 e. The second-order valence-electron chi connectivity index (χ2n) is 5.78. The van der Waals surface area contributed by atoms with Crippen molar-refractivity contribution in [3.8, 4) is 0 Å². The van der Waals surface area contributed by atoms with Gasteiger partial charge in [0.2, 0.25) is 5.91 Å². The lowest BCUT2D eigenvalue weighted by Gasteiger charge is -2.11. The van der Waals surface area contributed by atoms with Crippen LogP contribution < -0.4 is 11.1 Å². The molecule has 0 saturated carbocycles. The van der Waals surface area contributed by atoms with Gasteiger partial charge in [0.25, 0.3) is 5.91 Å². The zero-order valence-corrected chi connectivity index (χ0v) is 15.6. The first-order chi connectivity index (χ1) is 12.0. The normalized spacial score (nSPS) is 13.7. The number of aryl methyl sites for hydroxylation is 1. The van der Waals surface area contributed by atoms with Gasteiger partial charge in [-0.1, -0.05) is 29.3 Å². The molecule has 0 aliphatic heterocycles. The summed E-state index contributed by atoms with van der Waals surface area (Å²) in [7, 11) is 0. The molecule has 1 aliphatic carbocycles. The molecule has 0 fully saturated rings. The first-order valence-electron chi connectivity index (χ1n) is 7.84. The lowest BCUT2D eigenvalue weighted by atomic mass is 9.95. The van der Waals surface area contributed by atoms with Crippen molar-refractivity contribution in [2.24, 2.45) is 5.73 Å². The Morgan fingerprint density at radius 3 is 2.64 bits per heavy atom. The number of nitrogens with two attached hydrogens (primary N) is 1. The molecule has 0 unspecified atom stereocenters. The number of carbonyl (C=O) groups excluding carboxylic acids is 2. The van der Waals surface area contributed by atoms with Crippen LogP contribution in [-0.2, 0) is 17.6 Å². The van der Waals surface area contributed by atoms with Crippen LogP contribution >= 0.6 is 34.5 Å². The standard InChI is InChI=1S/C18H16Cl2N2O2S/c19-12-7-5-10(9-13(12)20)6-8-15(23)22-18-16(17(21)24)11-3-1-2-4-14(11)25-18/h5-9H,1-4H2,(H2,21,24)(H,22,23)/b8-6+. The summed E-state index contributed by atoms with van der Waals surface area (Å²) in [4.78, 5) is 25.2. The van der Waals surface area contributed by atoms with Crippen LogP contribution in [0.15, 0.2) is 24.3 Å². The van der Waals surface area contributed by atoms with E-state index >= 15 is 0 Å². The van der Waals surface area contributed by atoms with Gasteiger partial charge < -0.3 is 11.1 Å². The molecule has 3 N–H and O–H groups in total. The molecule has 130 valence electrons. The Morgan fingerprint density at radius 2 is 1.92 bits per heavy atom. The minimum atomic E-state index is -0.497. The maximum Gasteiger partial charge on any atom is 0.251 e. The monoisotopic (exact) mass is 394 g/mol. The van der Waals surface area contributed by atoms with Crippen molar-refractivity contribution >= 4 is 57.4 Å². The third-order valence-corrected chi connectivity index (χ3v) is 5.97. The average molecular weight is 395 g/mol. The molecular formula is C18H16Cl2N2O2S. The quantitative estimate of drug-likeness (QED) is 0.738. The van der Waals surface area contributed by atoms with E-state index in [-0.39, 0.29) is 5.91 Å². The van der Waals surface area contributed by atoms with Crippen LogP contribution in [0, 0.1) is 0 Å². The van der Waals surface area contributed by atoms with E-state index in [1.54, 1.807) is 24.3 Å². The van der Waals surface area contributed by atoms with Crippen molar-refractivity contribution in [1.82, 2.24) is 0 Å². The van der Waals surface area contributed by atoms with Gasteiger partial charge in [-0.15, -0.1) is 11.3 Å². The molecule has 25 heavy (non-hydrogen) atoms. The van der Waals surface area contributed by atoms with E-state index in [0.717, 1.165) is 41.7 Å². The third-order valence-electron chi connectivity index (χ3n) is 4.03. The summed E-state index contributed by atoms with van der Waals surface area (Å²) in [5, 5.41) is 4.19. The summed E-state index contributed by atoms with van der Waals surface area (Å²) >= 11 is 13.3. The summed E-state index contributed by atoms with van der Waals surface area (Å²) in [5.41, 5.74) is 7.73. The number of hydrogen-bond acceptors (Lipinski definition) is 3. The van der Waals surface area contributed by atoms with Crippen LogP contribution in [0.5, 0.6) is 0 Å². The molecule has 0 spiro atoms. The number of thiophene rings is 1. The van der Waals surface area contributed by atoms with Crippen LogP contribution in [-0.4, -0.2) is 11.8 Å². The van der Waals surface area contributed by atoms with Crippen LogP contribution in [0.4, 0.5) is 5.00 Å². The van der Waals surface area contributed by atoms with Gasteiger partial charge in [-0.2, -0.15) is 0 Å². The topological polar surface area (TPSA) is 72.2 Å². The maximum absolute atomic E-state index is 12.2. The van der Waals surface area contributed by atoms with Gasteiger partial charge in [-0.3, -0.25) is 9.59 Å². The Bertz CT molecular complexity index is 874. The Balaban J connectivity index is 1.79. The van der Waals surface area contributed by atoms with Gasteiger partial charge in [0.15, 0.2) is 0 Å². The molecular weight excluding hydrogens is 379 g/mol. The van der Waals surface area contributed by atoms with Crippen molar-refractivity contribution in [2.45, 2.75) is 25.7 Å². The van der Waals surface area contributed by atoms with Gasteiger partial charge in [0.1, 0.15) is 5.00 Å². The van der Waals surface area contributed by atoms with Crippen molar-refractivity contribution in [3.05, 3.63) is 55.9 Å². The highest BCUT2D eigenvalue weighted by Gasteiger charge is 2.24. The number of nitrogens with one attached hydrogen (secondary N) is 1. The fraction of sp³-hybridized carbons (Fsp3) is 0.222. The van der Waals surface area contributed by atoms with Gasteiger partial charge in [0, 0.05) is 11.0 Å². The van der Waals surface area contributed by atoms with E-state index in [9.17, 15) is 9.59 Å². The van der Waals surface area contributed by atoms with Crippen molar-refractivity contribution in [3.63, 3.8) is 0 Å². The third kappa shape index (κ3) is 4.06. The number of primary amides is 1. The predicted molar refractivity (Wildman–Crippen MR) is 104 cm³/mol. The SMILES string of the molecule is NC(=O)c1c(NC(=O)/C=C/c2ccc(Cl)c(Cl)c2)sc2c1CCCC2. The summed E-state index contributed by atoms with van der Waals surface area (Å²) in [6, 6.07) is 5.10. The Labute approximate surface area is 159 Å². The van der Waals surface area contributed by atoms with E-state index in [4.69, 9.17) is 28.9 Å². The zero-order chi connectivity index (χ0) is 18.0. The van der Waals surface area contributed by atoms with Gasteiger partial charge in [0.05, 0.1) is 15.6 Å². The van der Waals surface area contributed by atoms with Gasteiger partial charge >= 0.3 is 0 Å². The maximum atomic E-state index is 12.2. The number of carbonyl (C=O) groups is 2. The smallest absolute Gasteiger partial charge is 0.251 e. The minimum absolute atomic E-state index is 0.327. The summed E-state index contributed by atoms with van der Waals surface area (Å²) < 4.78 is 0. The molecule has 0 atom stereocenters. The second-order valence-corrected chi connectivity index (χ2v) is 7.69. The number of halogens is 2. The van der Waals surface area contributed by atoms with E-state index in [1.165, 1.54) is 17.4 Å². The highest BCUT2D eigenvalue weighted by atomic mass is 35.5. The molecule has 2 aromatic rings. The van der Waals surface area contributed by atoms with E-state index < -0.39 is 5.91 Å². The van der Waals surface area contributed by atoms with Crippen LogP contribution in [0.2, 0.25) is 10.0 Å². The van der Waals surface area contributed by atoms with Gasteiger partial charge in [-0.25, -0.2) is 0 Å². The molecule has 4 nitrogen and oxygen atoms in total. The number of amides is 2. The molecule has 0 saturated heterocycles. The first-order valence-corrected chi connectivity index (χ1v) is 9.41. The molecule has 0 bridgehead atoms. The van der Waals surface area contributed by atoms with Crippen molar-refractivity contribution in [1.29, 1.82) is 0 Å². The fourth-order valence-electron chi connectivity index (χ4n) is 2.86. The van der Waals surface area contributed by atoms with Gasteiger partial charge in [-0.05, 0) is 55.0 Å². The molecule has 1 heterocycles. The second kappa shape index (κ2) is 7.60. The number of anilines is 1. The first kappa shape index (κ1) is 18.0. The Hall–Kier alpha value is -1.82. The largest absolute Gasteiger partial charge is 0.365 e. The lowest BCUT2D eigenvalue weighted by Crippen LogP contribution is -2.17.